The number of hydrogen-bond acceptors (Lipinski definition) is 7. The number of pyridine rings is 1. The summed E-state index contributed by atoms with van der Waals surface area (Å²) < 4.78 is 1.58. The van der Waals surface area contributed by atoms with Crippen LogP contribution in [0.15, 0.2) is 14.4 Å². The number of fused-ring (bicyclic) bond motifs is 1. The van der Waals surface area contributed by atoms with Crippen molar-refractivity contribution in [3.63, 3.8) is 0 Å². The number of aromatic nitrogens is 3. The van der Waals surface area contributed by atoms with Crippen molar-refractivity contribution >= 4 is 28.5 Å². The Labute approximate surface area is 132 Å². The van der Waals surface area contributed by atoms with Gasteiger partial charge in [-0.2, -0.15) is 0 Å². The second kappa shape index (κ2) is 5.64. The molecule has 0 aliphatic carbocycles. The van der Waals surface area contributed by atoms with Crippen molar-refractivity contribution in [2.45, 2.75) is 13.0 Å². The summed E-state index contributed by atoms with van der Waals surface area (Å²) >= 11 is 0. The lowest BCUT2D eigenvalue weighted by molar-refractivity contribution is -0.385. The summed E-state index contributed by atoms with van der Waals surface area (Å²) in [6.07, 6.45) is 0. The van der Waals surface area contributed by atoms with E-state index in [1.54, 1.807) is 0 Å². The summed E-state index contributed by atoms with van der Waals surface area (Å²) in [4.78, 5) is 60.0. The number of aliphatic carboxylic acids is 1. The van der Waals surface area contributed by atoms with E-state index in [-0.39, 0.29) is 5.65 Å². The van der Waals surface area contributed by atoms with Crippen LogP contribution in [0.25, 0.3) is 11.0 Å². The van der Waals surface area contributed by atoms with Gasteiger partial charge in [0.25, 0.3) is 11.0 Å². The lowest BCUT2D eigenvalue weighted by atomic mass is 10.2. The zero-order valence-corrected chi connectivity index (χ0v) is 12.8. The summed E-state index contributed by atoms with van der Waals surface area (Å²) in [6, 6.07) is -1.26. The zero-order chi connectivity index (χ0) is 18.3. The fraction of sp³-hybridized carbons (Fsp3) is 0.333. The highest BCUT2D eigenvalue weighted by atomic mass is 16.6. The van der Waals surface area contributed by atoms with Crippen LogP contribution in [-0.4, -0.2) is 36.2 Å². The molecule has 0 fully saturated rings. The predicted octanol–water partition coefficient (Wildman–Crippen LogP) is -1.28. The molecular weight excluding hydrogens is 326 g/mol. The van der Waals surface area contributed by atoms with Crippen LogP contribution in [0.1, 0.15) is 6.92 Å². The number of nitrogens with zero attached hydrogens (tertiary/aromatic N) is 3. The Bertz CT molecular complexity index is 1040. The van der Waals surface area contributed by atoms with Crippen molar-refractivity contribution in [3.8, 4) is 0 Å². The number of nitrogens with one attached hydrogen (secondary N) is 2. The summed E-state index contributed by atoms with van der Waals surface area (Å²) in [7, 11) is 2.39. The molecule has 3 N–H and O–H groups in total. The van der Waals surface area contributed by atoms with Gasteiger partial charge in [0.1, 0.15) is 17.1 Å². The number of aryl methyl sites for hydroxylation is 1. The Morgan fingerprint density at radius 2 is 1.88 bits per heavy atom. The Hall–Kier alpha value is -3.44. The van der Waals surface area contributed by atoms with Crippen LogP contribution < -0.4 is 22.0 Å². The van der Waals surface area contributed by atoms with E-state index >= 15 is 0 Å². The molecule has 2 aromatic heterocycles. The van der Waals surface area contributed by atoms with Crippen LogP contribution in [0, 0.1) is 10.1 Å². The van der Waals surface area contributed by atoms with Gasteiger partial charge >= 0.3 is 17.3 Å². The Kier molecular flexibility index (Phi) is 3.98. The Morgan fingerprint density at radius 3 is 2.38 bits per heavy atom. The van der Waals surface area contributed by atoms with Crippen molar-refractivity contribution in [2.24, 2.45) is 14.1 Å². The van der Waals surface area contributed by atoms with Crippen LogP contribution in [0.3, 0.4) is 0 Å². The average Bonchev–Trinajstić information content (AvgIpc) is 2.49. The number of H-pyrrole nitrogens is 1. The van der Waals surface area contributed by atoms with Gasteiger partial charge in [0.15, 0.2) is 5.82 Å². The third-order valence-electron chi connectivity index (χ3n) is 3.50. The van der Waals surface area contributed by atoms with Gasteiger partial charge in [-0.05, 0) is 6.92 Å². The molecule has 2 aromatic rings. The summed E-state index contributed by atoms with van der Waals surface area (Å²) in [5.41, 5.74) is -4.22. The normalized spacial score (nSPS) is 12.1. The minimum Gasteiger partial charge on any atom is -0.480 e. The molecule has 0 aromatic carbocycles. The lowest BCUT2D eigenvalue weighted by Gasteiger charge is -2.13. The number of carboxylic acids is 1. The number of aromatic amines is 1. The first-order valence-electron chi connectivity index (χ1n) is 6.57. The van der Waals surface area contributed by atoms with Crippen molar-refractivity contribution in [2.75, 3.05) is 5.32 Å². The molecule has 128 valence electrons. The third-order valence-corrected chi connectivity index (χ3v) is 3.50. The van der Waals surface area contributed by atoms with Crippen molar-refractivity contribution in [1.82, 2.24) is 14.1 Å². The molecule has 24 heavy (non-hydrogen) atoms. The fourth-order valence-electron chi connectivity index (χ4n) is 2.16. The molecule has 2 heterocycles. The molecule has 0 bridgehead atoms. The second-order valence-corrected chi connectivity index (χ2v) is 5.07. The minimum absolute atomic E-state index is 0.251. The number of nitro groups is 1. The Balaban J connectivity index is 3.00. The molecule has 0 spiro atoms. The molecule has 2 rings (SSSR count). The summed E-state index contributed by atoms with van der Waals surface area (Å²) in [5.74, 6) is -1.82. The SMILES string of the molecule is C[C@H](Nc1[nH]c2c(c(=O)c1[N+](=O)[O-])c(=O)n(C)c(=O)n2C)C(=O)O. The van der Waals surface area contributed by atoms with E-state index in [0.29, 0.717) is 4.57 Å². The highest BCUT2D eigenvalue weighted by molar-refractivity contribution is 5.83. The first-order valence-corrected chi connectivity index (χ1v) is 6.57. The van der Waals surface area contributed by atoms with Gasteiger partial charge in [-0.3, -0.25) is 33.6 Å². The van der Waals surface area contributed by atoms with E-state index in [0.717, 1.165) is 11.6 Å². The molecule has 12 nitrogen and oxygen atoms in total. The average molecular weight is 339 g/mol. The third kappa shape index (κ3) is 2.43. The molecule has 0 aliphatic heterocycles. The molecule has 0 radical (unpaired) electrons. The van der Waals surface area contributed by atoms with E-state index in [1.165, 1.54) is 14.0 Å². The van der Waals surface area contributed by atoms with Crippen molar-refractivity contribution in [3.05, 3.63) is 41.2 Å². The molecule has 0 aliphatic rings. The topological polar surface area (TPSA) is 169 Å². The van der Waals surface area contributed by atoms with Crippen molar-refractivity contribution in [1.29, 1.82) is 0 Å². The number of anilines is 1. The predicted molar refractivity (Wildman–Crippen MR) is 82.4 cm³/mol. The van der Waals surface area contributed by atoms with Gasteiger partial charge in [-0.15, -0.1) is 0 Å². The largest absolute Gasteiger partial charge is 0.480 e. The minimum atomic E-state index is -1.32. The quantitative estimate of drug-likeness (QED) is 0.457. The maximum atomic E-state index is 12.4. The molecule has 0 amide bonds. The summed E-state index contributed by atoms with van der Waals surface area (Å²) in [6.45, 7) is 1.21. The van der Waals surface area contributed by atoms with Gasteiger partial charge in [-0.1, -0.05) is 0 Å². The fourth-order valence-corrected chi connectivity index (χ4v) is 2.16. The second-order valence-electron chi connectivity index (χ2n) is 5.07. The monoisotopic (exact) mass is 339 g/mol. The van der Waals surface area contributed by atoms with Gasteiger partial charge in [0.2, 0.25) is 0 Å². The Morgan fingerprint density at radius 1 is 1.29 bits per heavy atom. The molecule has 0 saturated carbocycles. The standard InChI is InChI=1S/C12H13N5O7/c1-4(11(20)21)13-8-6(17(23)24)7(18)5-9(14-8)15(2)12(22)16(3)10(5)19/h4H,1-3H3,(H,20,21)(H2,13,14,18)/t4-/m0/s1. The molecule has 0 unspecified atom stereocenters. The first-order chi connectivity index (χ1) is 11.1. The van der Waals surface area contributed by atoms with Crippen LogP contribution in [-0.2, 0) is 18.9 Å². The van der Waals surface area contributed by atoms with E-state index in [4.69, 9.17) is 5.11 Å². The number of carbonyl (C=O) groups is 1. The molecule has 1 atom stereocenters. The molecular formula is C12H13N5O7. The van der Waals surface area contributed by atoms with Crippen LogP contribution >= 0.6 is 0 Å². The number of rotatable bonds is 4. The maximum Gasteiger partial charge on any atom is 0.357 e. The van der Waals surface area contributed by atoms with E-state index < -0.39 is 50.5 Å². The van der Waals surface area contributed by atoms with Crippen LogP contribution in [0.4, 0.5) is 11.5 Å². The number of hydrogen-bond donors (Lipinski definition) is 3. The lowest BCUT2D eigenvalue weighted by Crippen LogP contribution is -2.40. The van der Waals surface area contributed by atoms with E-state index in [1.807, 2.05) is 0 Å². The van der Waals surface area contributed by atoms with Crippen LogP contribution in [0.5, 0.6) is 0 Å². The van der Waals surface area contributed by atoms with Gasteiger partial charge < -0.3 is 15.4 Å². The van der Waals surface area contributed by atoms with E-state index in [2.05, 4.69) is 10.3 Å². The highest BCUT2D eigenvalue weighted by Crippen LogP contribution is 2.20. The molecule has 0 saturated heterocycles. The van der Waals surface area contributed by atoms with E-state index in [9.17, 15) is 29.3 Å². The van der Waals surface area contributed by atoms with Gasteiger partial charge in [0, 0.05) is 14.1 Å². The van der Waals surface area contributed by atoms with Crippen LogP contribution in [0.2, 0.25) is 0 Å². The molecule has 12 heteroatoms. The van der Waals surface area contributed by atoms with Crippen molar-refractivity contribution < 1.29 is 14.8 Å². The van der Waals surface area contributed by atoms with Gasteiger partial charge in [-0.25, -0.2) is 4.79 Å². The maximum absolute atomic E-state index is 12.4. The smallest absolute Gasteiger partial charge is 0.357 e. The van der Waals surface area contributed by atoms with Gasteiger partial charge in [0.05, 0.1) is 4.92 Å². The summed E-state index contributed by atoms with van der Waals surface area (Å²) in [5, 5.41) is 21.8. The zero-order valence-electron chi connectivity index (χ0n) is 12.8. The first kappa shape index (κ1) is 16.9. The highest BCUT2D eigenvalue weighted by Gasteiger charge is 2.28. The number of carboxylic acid groups (broad SMARTS) is 1.